The van der Waals surface area contributed by atoms with Gasteiger partial charge in [0.1, 0.15) is 0 Å². The first-order valence-electron chi connectivity index (χ1n) is 6.85. The molecular formula is C13H26N2. The molecule has 0 aromatic carbocycles. The lowest BCUT2D eigenvalue weighted by Crippen LogP contribution is -2.49. The lowest BCUT2D eigenvalue weighted by molar-refractivity contribution is 0.119. The van der Waals surface area contributed by atoms with E-state index < -0.39 is 0 Å². The smallest absolute Gasteiger partial charge is 0.0110 e. The second kappa shape index (κ2) is 5.86. The van der Waals surface area contributed by atoms with E-state index in [0.29, 0.717) is 0 Å². The molecule has 2 aliphatic rings. The monoisotopic (exact) mass is 210 g/mol. The normalized spacial score (nSPS) is 34.2. The van der Waals surface area contributed by atoms with Crippen LogP contribution in [0, 0.1) is 5.92 Å². The van der Waals surface area contributed by atoms with Crippen LogP contribution in [-0.2, 0) is 0 Å². The Morgan fingerprint density at radius 2 is 1.73 bits per heavy atom. The van der Waals surface area contributed by atoms with Gasteiger partial charge in [-0.25, -0.2) is 0 Å². The predicted molar refractivity (Wildman–Crippen MR) is 65.1 cm³/mol. The summed E-state index contributed by atoms with van der Waals surface area (Å²) in [6.07, 6.45) is 8.75. The third-order valence-corrected chi connectivity index (χ3v) is 4.18. The quantitative estimate of drug-likeness (QED) is 0.768. The minimum absolute atomic E-state index is 0.917. The summed E-state index contributed by atoms with van der Waals surface area (Å²) in [6.45, 7) is 7.29. The van der Waals surface area contributed by atoms with Gasteiger partial charge in [0.25, 0.3) is 0 Å². The fourth-order valence-corrected chi connectivity index (χ4v) is 3.25. The minimum atomic E-state index is 0.917. The zero-order valence-electron chi connectivity index (χ0n) is 10.2. The Bertz CT molecular complexity index is 167. The summed E-state index contributed by atoms with van der Waals surface area (Å²) in [6, 6.07) is 0.917. The van der Waals surface area contributed by atoms with Crippen LogP contribution in [0.15, 0.2) is 0 Å². The van der Waals surface area contributed by atoms with E-state index in [4.69, 9.17) is 0 Å². The Kier molecular flexibility index (Phi) is 4.45. The summed E-state index contributed by atoms with van der Waals surface area (Å²) in [5.41, 5.74) is 0. The van der Waals surface area contributed by atoms with Crippen molar-refractivity contribution in [2.24, 2.45) is 5.92 Å². The Morgan fingerprint density at radius 3 is 2.33 bits per heavy atom. The molecule has 2 rings (SSSR count). The first kappa shape index (κ1) is 11.4. The summed E-state index contributed by atoms with van der Waals surface area (Å²) >= 11 is 0. The number of rotatable bonds is 3. The number of hydrogen-bond donors (Lipinski definition) is 1. The molecule has 0 bridgehead atoms. The zero-order chi connectivity index (χ0) is 10.5. The minimum Gasteiger partial charge on any atom is -0.314 e. The molecule has 1 aliphatic carbocycles. The van der Waals surface area contributed by atoms with E-state index in [1.54, 1.807) is 0 Å². The molecule has 0 atom stereocenters. The Labute approximate surface area is 94.4 Å². The third kappa shape index (κ3) is 3.18. The first-order valence-corrected chi connectivity index (χ1v) is 6.85. The fourth-order valence-electron chi connectivity index (χ4n) is 3.25. The Morgan fingerprint density at radius 1 is 1.07 bits per heavy atom. The molecule has 2 heteroatoms. The highest BCUT2D eigenvalue weighted by Crippen LogP contribution is 2.30. The highest BCUT2D eigenvalue weighted by Gasteiger charge is 2.25. The highest BCUT2D eigenvalue weighted by atomic mass is 15.2. The zero-order valence-corrected chi connectivity index (χ0v) is 10.2. The molecule has 0 amide bonds. The van der Waals surface area contributed by atoms with E-state index in [9.17, 15) is 0 Å². The molecule has 15 heavy (non-hydrogen) atoms. The number of nitrogens with zero attached hydrogens (tertiary/aromatic N) is 1. The number of hydrogen-bond acceptors (Lipinski definition) is 2. The standard InChI is InChI=1S/C13H26N2/c1-2-3-12-4-6-13(7-5-12)15-10-8-14-9-11-15/h12-14H,2-11H2,1H3. The van der Waals surface area contributed by atoms with Crippen molar-refractivity contribution in [2.45, 2.75) is 51.5 Å². The molecule has 2 nitrogen and oxygen atoms in total. The first-order chi connectivity index (χ1) is 7.40. The van der Waals surface area contributed by atoms with Gasteiger partial charge in [0.05, 0.1) is 0 Å². The van der Waals surface area contributed by atoms with Crippen LogP contribution in [0.1, 0.15) is 45.4 Å². The predicted octanol–water partition coefficient (Wildman–Crippen LogP) is 2.25. The van der Waals surface area contributed by atoms with Crippen molar-refractivity contribution >= 4 is 0 Å². The summed E-state index contributed by atoms with van der Waals surface area (Å²) in [4.78, 5) is 2.72. The Balaban J connectivity index is 1.72. The van der Waals surface area contributed by atoms with Crippen LogP contribution in [0.2, 0.25) is 0 Å². The van der Waals surface area contributed by atoms with Crippen molar-refractivity contribution in [3.63, 3.8) is 0 Å². The van der Waals surface area contributed by atoms with Crippen LogP contribution in [-0.4, -0.2) is 37.1 Å². The maximum absolute atomic E-state index is 3.44. The molecule has 1 N–H and O–H groups in total. The van der Waals surface area contributed by atoms with Gasteiger partial charge in [-0.15, -0.1) is 0 Å². The maximum Gasteiger partial charge on any atom is 0.0110 e. The molecule has 2 fully saturated rings. The Hall–Kier alpha value is -0.0800. The van der Waals surface area contributed by atoms with Crippen LogP contribution in [0.3, 0.4) is 0 Å². The van der Waals surface area contributed by atoms with Gasteiger partial charge < -0.3 is 5.32 Å². The second-order valence-corrected chi connectivity index (χ2v) is 5.25. The van der Waals surface area contributed by atoms with Crippen molar-refractivity contribution in [1.29, 1.82) is 0 Å². The van der Waals surface area contributed by atoms with Gasteiger partial charge in [0.15, 0.2) is 0 Å². The van der Waals surface area contributed by atoms with Crippen molar-refractivity contribution in [3.8, 4) is 0 Å². The lowest BCUT2D eigenvalue weighted by Gasteiger charge is -2.39. The molecule has 0 aromatic rings. The topological polar surface area (TPSA) is 15.3 Å². The molecule has 1 aliphatic heterocycles. The van der Waals surface area contributed by atoms with E-state index in [-0.39, 0.29) is 0 Å². The lowest BCUT2D eigenvalue weighted by atomic mass is 9.83. The summed E-state index contributed by atoms with van der Waals surface area (Å²) in [7, 11) is 0. The van der Waals surface area contributed by atoms with Gasteiger partial charge in [-0.3, -0.25) is 4.90 Å². The molecule has 0 radical (unpaired) electrons. The molecule has 1 heterocycles. The molecule has 1 saturated heterocycles. The van der Waals surface area contributed by atoms with Crippen LogP contribution >= 0.6 is 0 Å². The molecular weight excluding hydrogens is 184 g/mol. The van der Waals surface area contributed by atoms with Crippen LogP contribution < -0.4 is 5.32 Å². The van der Waals surface area contributed by atoms with Gasteiger partial charge in [0.2, 0.25) is 0 Å². The number of nitrogens with one attached hydrogen (secondary N) is 1. The van der Waals surface area contributed by atoms with Gasteiger partial charge in [-0.1, -0.05) is 19.8 Å². The van der Waals surface area contributed by atoms with Crippen molar-refractivity contribution < 1.29 is 0 Å². The largest absolute Gasteiger partial charge is 0.314 e. The van der Waals surface area contributed by atoms with Gasteiger partial charge in [0, 0.05) is 32.2 Å². The van der Waals surface area contributed by atoms with E-state index in [1.165, 1.54) is 64.7 Å². The van der Waals surface area contributed by atoms with Crippen molar-refractivity contribution in [3.05, 3.63) is 0 Å². The van der Waals surface area contributed by atoms with Crippen LogP contribution in [0.5, 0.6) is 0 Å². The van der Waals surface area contributed by atoms with Crippen LogP contribution in [0.4, 0.5) is 0 Å². The molecule has 0 aromatic heterocycles. The molecule has 0 spiro atoms. The van der Waals surface area contributed by atoms with E-state index in [1.807, 2.05) is 0 Å². The van der Waals surface area contributed by atoms with Crippen LogP contribution in [0.25, 0.3) is 0 Å². The van der Waals surface area contributed by atoms with Crippen molar-refractivity contribution in [1.82, 2.24) is 10.2 Å². The highest BCUT2D eigenvalue weighted by molar-refractivity contribution is 4.82. The van der Waals surface area contributed by atoms with Gasteiger partial charge in [-0.2, -0.15) is 0 Å². The second-order valence-electron chi connectivity index (χ2n) is 5.25. The van der Waals surface area contributed by atoms with Gasteiger partial charge in [-0.05, 0) is 31.6 Å². The summed E-state index contributed by atoms with van der Waals surface area (Å²) in [5, 5.41) is 3.44. The molecule has 88 valence electrons. The van der Waals surface area contributed by atoms with E-state index in [0.717, 1.165) is 12.0 Å². The average molecular weight is 210 g/mol. The van der Waals surface area contributed by atoms with Crippen molar-refractivity contribution in [2.75, 3.05) is 26.2 Å². The SMILES string of the molecule is CCCC1CCC(N2CCNCC2)CC1. The molecule has 0 unspecified atom stereocenters. The fraction of sp³-hybridized carbons (Fsp3) is 1.00. The summed E-state index contributed by atoms with van der Waals surface area (Å²) < 4.78 is 0. The molecule has 1 saturated carbocycles. The van der Waals surface area contributed by atoms with E-state index in [2.05, 4.69) is 17.1 Å². The maximum atomic E-state index is 3.44. The average Bonchev–Trinajstić information content (AvgIpc) is 2.32. The summed E-state index contributed by atoms with van der Waals surface area (Å²) in [5.74, 6) is 1.05. The number of piperazine rings is 1. The van der Waals surface area contributed by atoms with Gasteiger partial charge >= 0.3 is 0 Å². The van der Waals surface area contributed by atoms with E-state index >= 15 is 0 Å². The third-order valence-electron chi connectivity index (χ3n) is 4.18.